The van der Waals surface area contributed by atoms with Crippen LogP contribution >= 0.6 is 11.8 Å². The smallest absolute Gasteiger partial charge is 0.321 e. The Balaban J connectivity index is 2.37. The number of nitrogens with zero attached hydrogens (tertiary/aromatic N) is 1. The van der Waals surface area contributed by atoms with Gasteiger partial charge in [-0.15, -0.1) is 11.8 Å². The Morgan fingerprint density at radius 3 is 2.72 bits per heavy atom. The molecule has 5 N–H and O–H groups in total. The van der Waals surface area contributed by atoms with Gasteiger partial charge in [-0.2, -0.15) is 5.10 Å². The highest BCUT2D eigenvalue weighted by molar-refractivity contribution is 8.00. The topological polar surface area (TPSA) is 121 Å². The number of anilines is 1. The number of aliphatic carboxylic acids is 1. The van der Waals surface area contributed by atoms with Crippen molar-refractivity contribution in [3.8, 4) is 0 Å². The van der Waals surface area contributed by atoms with Crippen LogP contribution < -0.4 is 11.1 Å². The average Bonchev–Trinajstić information content (AvgIpc) is 2.60. The molecule has 8 heteroatoms. The molecule has 0 saturated heterocycles. The summed E-state index contributed by atoms with van der Waals surface area (Å²) in [4.78, 5) is 22.1. The predicted molar refractivity (Wildman–Crippen MR) is 69.6 cm³/mol. The van der Waals surface area contributed by atoms with E-state index in [1.54, 1.807) is 6.92 Å². The maximum atomic E-state index is 11.6. The monoisotopic (exact) mass is 272 g/mol. The van der Waals surface area contributed by atoms with Crippen molar-refractivity contribution in [3.05, 3.63) is 11.4 Å². The quantitative estimate of drug-likeness (QED) is 0.583. The fourth-order valence-electron chi connectivity index (χ4n) is 1.26. The largest absolute Gasteiger partial charge is 0.480 e. The van der Waals surface area contributed by atoms with Gasteiger partial charge >= 0.3 is 5.97 Å². The van der Waals surface area contributed by atoms with E-state index in [2.05, 4.69) is 15.5 Å². The van der Waals surface area contributed by atoms with Crippen LogP contribution in [-0.2, 0) is 9.59 Å². The molecule has 1 amide bonds. The van der Waals surface area contributed by atoms with Gasteiger partial charge in [-0.1, -0.05) is 0 Å². The summed E-state index contributed by atoms with van der Waals surface area (Å²) >= 11 is 1.18. The minimum atomic E-state index is -1.07. The number of carbonyl (C=O) groups is 2. The van der Waals surface area contributed by atoms with Gasteiger partial charge in [0.05, 0.1) is 22.8 Å². The summed E-state index contributed by atoms with van der Waals surface area (Å²) in [7, 11) is 0. The Kier molecular flexibility index (Phi) is 5.17. The normalized spacial score (nSPS) is 12.2. The van der Waals surface area contributed by atoms with Crippen LogP contribution in [0.5, 0.6) is 0 Å². The zero-order valence-corrected chi connectivity index (χ0v) is 11.0. The molecule has 0 unspecified atom stereocenters. The predicted octanol–water partition coefficient (Wildman–Crippen LogP) is 0.110. The van der Waals surface area contributed by atoms with E-state index in [4.69, 9.17) is 10.8 Å². The molecule has 1 heterocycles. The molecule has 18 heavy (non-hydrogen) atoms. The first-order valence-electron chi connectivity index (χ1n) is 5.29. The van der Waals surface area contributed by atoms with Crippen LogP contribution in [-0.4, -0.2) is 44.7 Å². The number of hydrogen-bond donors (Lipinski definition) is 4. The third-order valence-corrected chi connectivity index (χ3v) is 3.30. The van der Waals surface area contributed by atoms with Gasteiger partial charge in [-0.3, -0.25) is 14.7 Å². The summed E-state index contributed by atoms with van der Waals surface area (Å²) in [6, 6.07) is -0.944. The fraction of sp³-hybridized carbons (Fsp3) is 0.500. The van der Waals surface area contributed by atoms with Crippen molar-refractivity contribution in [1.29, 1.82) is 0 Å². The minimum Gasteiger partial charge on any atom is -0.480 e. The second kappa shape index (κ2) is 6.41. The third-order valence-electron chi connectivity index (χ3n) is 2.24. The molecule has 7 nitrogen and oxygen atoms in total. The lowest BCUT2D eigenvalue weighted by molar-refractivity contribution is -0.137. The lowest BCUT2D eigenvalue weighted by Crippen LogP contribution is -2.33. The molecule has 0 saturated carbocycles. The van der Waals surface area contributed by atoms with Crippen molar-refractivity contribution in [2.24, 2.45) is 5.73 Å². The van der Waals surface area contributed by atoms with Gasteiger partial charge in [0.1, 0.15) is 6.04 Å². The van der Waals surface area contributed by atoms with Gasteiger partial charge in [0.25, 0.3) is 0 Å². The second-order valence-corrected chi connectivity index (χ2v) is 4.85. The SMILES string of the molecule is Cc1n[nH]c(C)c1NC(=O)CSC[C@H](N)C(=O)O. The van der Waals surface area contributed by atoms with E-state index in [-0.39, 0.29) is 17.4 Å². The number of aryl methyl sites for hydroxylation is 2. The Morgan fingerprint density at radius 2 is 2.22 bits per heavy atom. The highest BCUT2D eigenvalue weighted by Gasteiger charge is 2.13. The molecular weight excluding hydrogens is 256 g/mol. The number of carboxylic acid groups (broad SMARTS) is 1. The van der Waals surface area contributed by atoms with Gasteiger partial charge in [-0.25, -0.2) is 0 Å². The first-order chi connectivity index (χ1) is 8.41. The average molecular weight is 272 g/mol. The number of nitrogens with one attached hydrogen (secondary N) is 2. The summed E-state index contributed by atoms with van der Waals surface area (Å²) in [5.74, 6) is -0.911. The molecule has 0 radical (unpaired) electrons. The van der Waals surface area contributed by atoms with E-state index in [9.17, 15) is 9.59 Å². The molecule has 0 aromatic carbocycles. The van der Waals surface area contributed by atoms with Gasteiger partial charge in [0, 0.05) is 5.75 Å². The van der Waals surface area contributed by atoms with Crippen LogP contribution in [0.15, 0.2) is 0 Å². The highest BCUT2D eigenvalue weighted by atomic mass is 32.2. The van der Waals surface area contributed by atoms with E-state index in [0.717, 1.165) is 5.69 Å². The maximum Gasteiger partial charge on any atom is 0.321 e. The van der Waals surface area contributed by atoms with Gasteiger partial charge in [0.2, 0.25) is 5.91 Å². The molecule has 0 spiro atoms. The molecular formula is C10H16N4O3S. The molecule has 1 aromatic heterocycles. The van der Waals surface area contributed by atoms with E-state index < -0.39 is 12.0 Å². The van der Waals surface area contributed by atoms with Crippen molar-refractivity contribution < 1.29 is 14.7 Å². The summed E-state index contributed by atoms with van der Waals surface area (Å²) < 4.78 is 0. The Hall–Kier alpha value is -1.54. The standard InChI is InChI=1S/C10H16N4O3S/c1-5-9(6(2)14-13-5)12-8(15)4-18-3-7(11)10(16)17/h7H,3-4,11H2,1-2H3,(H,12,15)(H,13,14)(H,16,17)/t7-/m0/s1. The Morgan fingerprint density at radius 1 is 1.56 bits per heavy atom. The minimum absolute atomic E-state index is 0.158. The fourth-order valence-corrected chi connectivity index (χ4v) is 2.03. The van der Waals surface area contributed by atoms with Gasteiger partial charge in [0.15, 0.2) is 0 Å². The molecule has 0 bridgehead atoms. The van der Waals surface area contributed by atoms with Gasteiger partial charge < -0.3 is 16.2 Å². The molecule has 0 aliphatic carbocycles. The number of thioether (sulfide) groups is 1. The van der Waals surface area contributed by atoms with Crippen molar-refractivity contribution in [2.45, 2.75) is 19.9 Å². The molecule has 100 valence electrons. The van der Waals surface area contributed by atoms with Crippen LogP contribution in [0.4, 0.5) is 5.69 Å². The molecule has 1 atom stereocenters. The number of aromatic amines is 1. The Labute approximate surface area is 109 Å². The molecule has 1 rings (SSSR count). The van der Waals surface area contributed by atoms with E-state index in [0.29, 0.717) is 11.4 Å². The lowest BCUT2D eigenvalue weighted by atomic mass is 10.3. The summed E-state index contributed by atoms with van der Waals surface area (Å²) in [5.41, 5.74) is 7.49. The second-order valence-electron chi connectivity index (χ2n) is 3.82. The van der Waals surface area contributed by atoms with Crippen molar-refractivity contribution in [2.75, 3.05) is 16.8 Å². The van der Waals surface area contributed by atoms with E-state index in [1.165, 1.54) is 11.8 Å². The van der Waals surface area contributed by atoms with Crippen LogP contribution in [0.2, 0.25) is 0 Å². The zero-order chi connectivity index (χ0) is 13.7. The van der Waals surface area contributed by atoms with Crippen LogP contribution in [0.25, 0.3) is 0 Å². The third kappa shape index (κ3) is 4.04. The molecule has 0 aliphatic heterocycles. The maximum absolute atomic E-state index is 11.6. The number of hydrogen-bond acceptors (Lipinski definition) is 5. The van der Waals surface area contributed by atoms with Crippen LogP contribution in [0.1, 0.15) is 11.4 Å². The summed E-state index contributed by atoms with van der Waals surface area (Å²) in [6.07, 6.45) is 0. The summed E-state index contributed by atoms with van der Waals surface area (Å²) in [6.45, 7) is 3.59. The molecule has 0 aliphatic rings. The van der Waals surface area contributed by atoms with Crippen molar-refractivity contribution >= 4 is 29.3 Å². The van der Waals surface area contributed by atoms with Gasteiger partial charge in [-0.05, 0) is 13.8 Å². The van der Waals surface area contributed by atoms with Crippen molar-refractivity contribution in [1.82, 2.24) is 10.2 Å². The van der Waals surface area contributed by atoms with E-state index in [1.807, 2.05) is 6.92 Å². The number of amides is 1. The van der Waals surface area contributed by atoms with Crippen LogP contribution in [0, 0.1) is 13.8 Å². The number of H-pyrrole nitrogens is 1. The molecule has 0 fully saturated rings. The first kappa shape index (κ1) is 14.5. The van der Waals surface area contributed by atoms with Crippen LogP contribution in [0.3, 0.4) is 0 Å². The zero-order valence-electron chi connectivity index (χ0n) is 10.2. The molecule has 1 aromatic rings. The number of nitrogens with two attached hydrogens (primary N) is 1. The lowest BCUT2D eigenvalue weighted by Gasteiger charge is -2.07. The Bertz CT molecular complexity index is 427. The highest BCUT2D eigenvalue weighted by Crippen LogP contribution is 2.16. The van der Waals surface area contributed by atoms with Crippen molar-refractivity contribution in [3.63, 3.8) is 0 Å². The number of aromatic nitrogens is 2. The number of rotatable bonds is 6. The number of carboxylic acids is 1. The van der Waals surface area contributed by atoms with E-state index >= 15 is 0 Å². The number of carbonyl (C=O) groups excluding carboxylic acids is 1. The summed E-state index contributed by atoms with van der Waals surface area (Å²) in [5, 5.41) is 18.0. The first-order valence-corrected chi connectivity index (χ1v) is 6.44.